The predicted molar refractivity (Wildman–Crippen MR) is 82.2 cm³/mol. The molecule has 0 bridgehead atoms. The summed E-state index contributed by atoms with van der Waals surface area (Å²) in [5.74, 6) is -1.90. The number of carboxylic acid groups (broad SMARTS) is 1. The van der Waals surface area contributed by atoms with Crippen molar-refractivity contribution in [2.75, 3.05) is 5.32 Å². The van der Waals surface area contributed by atoms with E-state index in [2.05, 4.69) is 21.2 Å². The molecule has 0 saturated carbocycles. The number of hydrogen-bond acceptors (Lipinski definition) is 3. The minimum absolute atomic E-state index is 0.0102. The molecular weight excluding hydrogens is 362 g/mol. The number of rotatable bonds is 3. The lowest BCUT2D eigenvalue weighted by molar-refractivity contribution is 0.0696. The van der Waals surface area contributed by atoms with E-state index in [1.807, 2.05) is 0 Å². The first-order valence-electron chi connectivity index (χ1n) is 5.70. The van der Waals surface area contributed by atoms with Crippen LogP contribution in [0.4, 0.5) is 5.69 Å². The molecule has 0 atom stereocenters. The van der Waals surface area contributed by atoms with Crippen molar-refractivity contribution in [2.45, 2.75) is 0 Å². The Hall–Kier alpha value is -2.05. The molecule has 0 unspecified atom stereocenters. The molecule has 0 aromatic heterocycles. The number of carboxylic acids is 1. The van der Waals surface area contributed by atoms with Crippen molar-refractivity contribution in [3.05, 3.63) is 57.0 Å². The summed E-state index contributed by atoms with van der Waals surface area (Å²) in [4.78, 5) is 23.0. The molecule has 0 fully saturated rings. The summed E-state index contributed by atoms with van der Waals surface area (Å²) >= 11 is 9.08. The quantitative estimate of drug-likeness (QED) is 0.718. The zero-order chi connectivity index (χ0) is 15.6. The number of carbonyl (C=O) groups excluding carboxylic acids is 1. The Bertz CT molecular complexity index is 713. The Kier molecular flexibility index (Phi) is 4.50. The van der Waals surface area contributed by atoms with Crippen LogP contribution >= 0.6 is 27.5 Å². The molecule has 2 rings (SSSR count). The highest BCUT2D eigenvalue weighted by Gasteiger charge is 2.13. The van der Waals surface area contributed by atoms with Crippen molar-refractivity contribution >= 4 is 45.1 Å². The molecule has 3 N–H and O–H groups in total. The van der Waals surface area contributed by atoms with Gasteiger partial charge in [0.1, 0.15) is 5.75 Å². The molecule has 0 aliphatic heterocycles. The van der Waals surface area contributed by atoms with E-state index >= 15 is 0 Å². The summed E-state index contributed by atoms with van der Waals surface area (Å²) in [6.45, 7) is 0. The molecule has 21 heavy (non-hydrogen) atoms. The molecule has 0 aliphatic carbocycles. The van der Waals surface area contributed by atoms with E-state index in [1.54, 1.807) is 12.1 Å². The van der Waals surface area contributed by atoms with Crippen LogP contribution < -0.4 is 5.32 Å². The van der Waals surface area contributed by atoms with Crippen LogP contribution in [0.5, 0.6) is 5.75 Å². The fraction of sp³-hybridized carbons (Fsp3) is 0. The number of aromatic hydroxyl groups is 1. The van der Waals surface area contributed by atoms with E-state index in [1.165, 1.54) is 24.3 Å². The highest BCUT2D eigenvalue weighted by atomic mass is 79.9. The van der Waals surface area contributed by atoms with Crippen LogP contribution in [0, 0.1) is 0 Å². The third-order valence-corrected chi connectivity index (χ3v) is 3.29. The van der Waals surface area contributed by atoms with E-state index in [0.29, 0.717) is 9.50 Å². The summed E-state index contributed by atoms with van der Waals surface area (Å²) < 4.78 is 0.628. The molecule has 2 aromatic rings. The highest BCUT2D eigenvalue weighted by molar-refractivity contribution is 9.10. The van der Waals surface area contributed by atoms with Crippen LogP contribution in [0.2, 0.25) is 5.02 Å². The minimum atomic E-state index is -1.16. The molecule has 5 nitrogen and oxygen atoms in total. The van der Waals surface area contributed by atoms with Crippen molar-refractivity contribution in [1.29, 1.82) is 0 Å². The molecule has 0 radical (unpaired) electrons. The van der Waals surface area contributed by atoms with E-state index in [0.717, 1.165) is 0 Å². The van der Waals surface area contributed by atoms with Gasteiger partial charge in [0, 0.05) is 15.1 Å². The fourth-order valence-electron chi connectivity index (χ4n) is 1.65. The Morgan fingerprint density at radius 3 is 2.43 bits per heavy atom. The van der Waals surface area contributed by atoms with Gasteiger partial charge in [-0.3, -0.25) is 4.79 Å². The number of amides is 1. The average molecular weight is 371 g/mol. The molecular formula is C14H9BrClNO4. The lowest BCUT2D eigenvalue weighted by atomic mass is 10.1. The van der Waals surface area contributed by atoms with Crippen molar-refractivity contribution in [2.24, 2.45) is 0 Å². The summed E-state index contributed by atoms with van der Waals surface area (Å²) in [5, 5.41) is 21.4. The average Bonchev–Trinajstić information content (AvgIpc) is 2.39. The van der Waals surface area contributed by atoms with Gasteiger partial charge in [-0.1, -0.05) is 27.5 Å². The van der Waals surface area contributed by atoms with Gasteiger partial charge in [0.25, 0.3) is 5.91 Å². The maximum Gasteiger partial charge on any atom is 0.335 e. The molecule has 7 heteroatoms. The smallest absolute Gasteiger partial charge is 0.335 e. The van der Waals surface area contributed by atoms with Crippen molar-refractivity contribution < 1.29 is 19.8 Å². The van der Waals surface area contributed by atoms with E-state index < -0.39 is 11.9 Å². The van der Waals surface area contributed by atoms with Gasteiger partial charge in [0.2, 0.25) is 0 Å². The monoisotopic (exact) mass is 369 g/mol. The van der Waals surface area contributed by atoms with Gasteiger partial charge >= 0.3 is 5.97 Å². The largest absolute Gasteiger partial charge is 0.506 e. The number of phenolic OH excluding ortho intramolecular Hbond substituents is 1. The molecule has 0 spiro atoms. The number of benzene rings is 2. The van der Waals surface area contributed by atoms with Crippen molar-refractivity contribution in [3.63, 3.8) is 0 Å². The Morgan fingerprint density at radius 2 is 1.81 bits per heavy atom. The van der Waals surface area contributed by atoms with E-state index in [9.17, 15) is 14.7 Å². The molecule has 0 saturated heterocycles. The summed E-state index contributed by atoms with van der Waals surface area (Å²) in [6.07, 6.45) is 0. The van der Waals surface area contributed by atoms with Gasteiger partial charge in [-0.2, -0.15) is 0 Å². The Labute approximate surface area is 133 Å². The zero-order valence-electron chi connectivity index (χ0n) is 10.4. The predicted octanol–water partition coefficient (Wildman–Crippen LogP) is 3.76. The topological polar surface area (TPSA) is 86.6 Å². The van der Waals surface area contributed by atoms with Gasteiger partial charge < -0.3 is 15.5 Å². The summed E-state index contributed by atoms with van der Waals surface area (Å²) in [5.41, 5.74) is 0.237. The van der Waals surface area contributed by atoms with Gasteiger partial charge in [-0.05, 0) is 36.4 Å². The maximum atomic E-state index is 12.1. The lowest BCUT2D eigenvalue weighted by Crippen LogP contribution is -2.12. The van der Waals surface area contributed by atoms with Gasteiger partial charge in [-0.25, -0.2) is 4.79 Å². The van der Waals surface area contributed by atoms with E-state index in [-0.39, 0.29) is 22.6 Å². The number of nitrogens with one attached hydrogen (secondary N) is 1. The third kappa shape index (κ3) is 3.74. The Morgan fingerprint density at radius 1 is 1.10 bits per heavy atom. The number of phenols is 1. The third-order valence-electron chi connectivity index (χ3n) is 2.62. The highest BCUT2D eigenvalue weighted by Crippen LogP contribution is 2.26. The normalized spacial score (nSPS) is 10.2. The molecule has 1 amide bonds. The fourth-order valence-corrected chi connectivity index (χ4v) is 2.51. The number of hydrogen-bond donors (Lipinski definition) is 3. The number of anilines is 1. The van der Waals surface area contributed by atoms with Crippen LogP contribution in [0.25, 0.3) is 0 Å². The molecule has 0 heterocycles. The van der Waals surface area contributed by atoms with Gasteiger partial charge in [0.05, 0.1) is 11.3 Å². The second-order valence-electron chi connectivity index (χ2n) is 4.15. The second-order valence-corrected chi connectivity index (χ2v) is 5.50. The van der Waals surface area contributed by atoms with Crippen LogP contribution in [0.3, 0.4) is 0 Å². The second kappa shape index (κ2) is 6.15. The summed E-state index contributed by atoms with van der Waals surface area (Å²) in [6, 6.07) is 8.26. The van der Waals surface area contributed by atoms with Crippen LogP contribution in [-0.2, 0) is 0 Å². The SMILES string of the molecule is O=C(O)c1ccc(O)c(NC(=O)c2cc(Cl)cc(Br)c2)c1. The van der Waals surface area contributed by atoms with E-state index in [4.69, 9.17) is 16.7 Å². The van der Waals surface area contributed by atoms with Crippen LogP contribution in [-0.4, -0.2) is 22.1 Å². The first-order valence-corrected chi connectivity index (χ1v) is 6.87. The standard InChI is InChI=1S/C14H9BrClNO4/c15-9-3-8(4-10(16)6-9)13(19)17-11-5-7(14(20)21)1-2-12(11)18/h1-6,18H,(H,17,19)(H,20,21). The van der Waals surface area contributed by atoms with Crippen LogP contribution in [0.15, 0.2) is 40.9 Å². The van der Waals surface area contributed by atoms with Gasteiger partial charge in [0.15, 0.2) is 0 Å². The molecule has 108 valence electrons. The molecule has 2 aromatic carbocycles. The molecule has 0 aliphatic rings. The zero-order valence-corrected chi connectivity index (χ0v) is 12.8. The number of halogens is 2. The minimum Gasteiger partial charge on any atom is -0.506 e. The Balaban J connectivity index is 2.31. The summed E-state index contributed by atoms with van der Waals surface area (Å²) in [7, 11) is 0. The maximum absolute atomic E-state index is 12.1. The first-order chi connectivity index (χ1) is 9.86. The lowest BCUT2D eigenvalue weighted by Gasteiger charge is -2.09. The van der Waals surface area contributed by atoms with Crippen molar-refractivity contribution in [1.82, 2.24) is 0 Å². The van der Waals surface area contributed by atoms with Crippen LogP contribution in [0.1, 0.15) is 20.7 Å². The first kappa shape index (κ1) is 15.3. The number of carbonyl (C=O) groups is 2. The van der Waals surface area contributed by atoms with Crippen molar-refractivity contribution in [3.8, 4) is 5.75 Å². The number of aromatic carboxylic acids is 1. The van der Waals surface area contributed by atoms with Gasteiger partial charge in [-0.15, -0.1) is 0 Å².